The zero-order valence-electron chi connectivity index (χ0n) is 18.4. The van der Waals surface area contributed by atoms with Crippen molar-refractivity contribution in [2.45, 2.75) is 44.9 Å². The molecule has 3 heterocycles. The van der Waals surface area contributed by atoms with Crippen molar-refractivity contribution < 1.29 is 28.2 Å². The van der Waals surface area contributed by atoms with Crippen molar-refractivity contribution in [2.24, 2.45) is 11.3 Å². The fraction of sp³-hybridized carbons (Fsp3) is 0.391. The standard InChI is InChI=1S/C23H23F3N4O3S/c1-21(2)12-22(33,8-6-14(21)19(31)32)20-28-11-16(34-20)15-4-3-5-17(29-15)30-18-10-13(7-9-27-18)23(24,25)26/h3-5,7,9-11,14,33H,6,8,12H2,1-2H3,(H,31,32)(H,27,29,30)/t14-,22+/m0/s1. The quantitative estimate of drug-likeness (QED) is 0.434. The summed E-state index contributed by atoms with van der Waals surface area (Å²) in [5, 5.41) is 24.1. The molecular formula is C23H23F3N4O3S. The number of hydrogen-bond acceptors (Lipinski definition) is 7. The van der Waals surface area contributed by atoms with Gasteiger partial charge in [-0.05, 0) is 48.9 Å². The topological polar surface area (TPSA) is 108 Å². The Morgan fingerprint density at radius 2 is 1.97 bits per heavy atom. The van der Waals surface area contributed by atoms with Gasteiger partial charge in [0.15, 0.2) is 0 Å². The Bertz CT molecular complexity index is 1210. The highest BCUT2D eigenvalue weighted by atomic mass is 32.1. The summed E-state index contributed by atoms with van der Waals surface area (Å²) in [6.45, 7) is 3.67. The first-order chi connectivity index (χ1) is 15.9. The van der Waals surface area contributed by atoms with Crippen LogP contribution in [0.25, 0.3) is 10.6 Å². The van der Waals surface area contributed by atoms with Crippen molar-refractivity contribution in [3.05, 3.63) is 53.3 Å². The molecule has 3 N–H and O–H groups in total. The molecule has 180 valence electrons. The number of halogens is 3. The number of nitrogens with one attached hydrogen (secondary N) is 1. The van der Waals surface area contributed by atoms with Gasteiger partial charge in [-0.25, -0.2) is 15.0 Å². The van der Waals surface area contributed by atoms with Gasteiger partial charge in [0, 0.05) is 12.4 Å². The summed E-state index contributed by atoms with van der Waals surface area (Å²) < 4.78 is 38.9. The maximum absolute atomic E-state index is 13.0. The number of carbonyl (C=O) groups is 1. The number of hydrogen-bond donors (Lipinski definition) is 3. The van der Waals surface area contributed by atoms with Gasteiger partial charge in [0.1, 0.15) is 22.2 Å². The van der Waals surface area contributed by atoms with Gasteiger partial charge in [-0.3, -0.25) is 4.79 Å². The molecule has 1 saturated carbocycles. The minimum Gasteiger partial charge on any atom is -0.481 e. The number of rotatable bonds is 5. The van der Waals surface area contributed by atoms with E-state index in [1.54, 1.807) is 24.4 Å². The Labute approximate surface area is 197 Å². The molecule has 0 bridgehead atoms. The second kappa shape index (κ2) is 8.62. The van der Waals surface area contributed by atoms with Crippen LogP contribution >= 0.6 is 11.3 Å². The average molecular weight is 493 g/mol. The number of thiazole rings is 1. The lowest BCUT2D eigenvalue weighted by Crippen LogP contribution is -2.44. The lowest BCUT2D eigenvalue weighted by atomic mass is 9.63. The first-order valence-corrected chi connectivity index (χ1v) is 11.4. The number of pyridine rings is 2. The minimum absolute atomic E-state index is 0.0104. The van der Waals surface area contributed by atoms with Gasteiger partial charge in [0.2, 0.25) is 0 Å². The maximum atomic E-state index is 13.0. The third kappa shape index (κ3) is 4.90. The maximum Gasteiger partial charge on any atom is 0.416 e. The normalized spacial score (nSPS) is 22.4. The SMILES string of the molecule is CC1(C)C[C@@](O)(c2ncc(-c3cccc(Nc4cc(C(F)(F)F)ccn4)n3)s2)CC[C@H]1C(=O)O. The predicted molar refractivity (Wildman–Crippen MR) is 121 cm³/mol. The van der Waals surface area contributed by atoms with Gasteiger partial charge in [0.25, 0.3) is 0 Å². The Morgan fingerprint density at radius 3 is 2.65 bits per heavy atom. The summed E-state index contributed by atoms with van der Waals surface area (Å²) >= 11 is 1.26. The number of alkyl halides is 3. The van der Waals surface area contributed by atoms with Crippen LogP contribution in [0.4, 0.5) is 24.8 Å². The lowest BCUT2D eigenvalue weighted by Gasteiger charge is -2.44. The van der Waals surface area contributed by atoms with Gasteiger partial charge in [0.05, 0.1) is 22.1 Å². The third-order valence-electron chi connectivity index (χ3n) is 6.08. The van der Waals surface area contributed by atoms with E-state index in [0.29, 0.717) is 27.8 Å². The monoisotopic (exact) mass is 492 g/mol. The first kappa shape index (κ1) is 24.1. The molecule has 1 fully saturated rings. The number of aromatic nitrogens is 3. The van der Waals surface area contributed by atoms with E-state index in [2.05, 4.69) is 20.3 Å². The largest absolute Gasteiger partial charge is 0.481 e. The number of carboxylic acid groups (broad SMARTS) is 1. The van der Waals surface area contributed by atoms with E-state index in [9.17, 15) is 28.2 Å². The number of nitrogens with zero attached hydrogens (tertiary/aromatic N) is 3. The molecule has 3 aromatic heterocycles. The van der Waals surface area contributed by atoms with Gasteiger partial charge in [-0.2, -0.15) is 13.2 Å². The van der Waals surface area contributed by atoms with Crippen LogP contribution in [-0.2, 0) is 16.6 Å². The van der Waals surface area contributed by atoms with Crippen LogP contribution in [0.3, 0.4) is 0 Å². The molecule has 0 unspecified atom stereocenters. The lowest BCUT2D eigenvalue weighted by molar-refractivity contribution is -0.154. The van der Waals surface area contributed by atoms with Crippen molar-refractivity contribution in [3.8, 4) is 10.6 Å². The molecule has 0 spiro atoms. The summed E-state index contributed by atoms with van der Waals surface area (Å²) in [7, 11) is 0. The van der Waals surface area contributed by atoms with E-state index in [4.69, 9.17) is 0 Å². The van der Waals surface area contributed by atoms with Crippen molar-refractivity contribution >= 4 is 28.9 Å². The summed E-state index contributed by atoms with van der Waals surface area (Å²) in [5.74, 6) is -1.09. The van der Waals surface area contributed by atoms with E-state index in [0.717, 1.165) is 18.3 Å². The van der Waals surface area contributed by atoms with Crippen molar-refractivity contribution in [1.82, 2.24) is 15.0 Å². The molecule has 1 aliphatic rings. The van der Waals surface area contributed by atoms with Crippen LogP contribution in [0.2, 0.25) is 0 Å². The fourth-order valence-corrected chi connectivity index (χ4v) is 5.44. The Kier molecular flexibility index (Phi) is 6.11. The minimum atomic E-state index is -4.48. The van der Waals surface area contributed by atoms with Crippen LogP contribution in [0.1, 0.15) is 43.7 Å². The van der Waals surface area contributed by atoms with E-state index < -0.39 is 34.6 Å². The molecule has 0 aromatic carbocycles. The zero-order chi connectivity index (χ0) is 24.7. The average Bonchev–Trinajstić information content (AvgIpc) is 3.24. The molecule has 7 nitrogen and oxygen atoms in total. The summed E-state index contributed by atoms with van der Waals surface area (Å²) in [5.41, 5.74) is -2.13. The van der Waals surface area contributed by atoms with Gasteiger partial charge in [-0.15, -0.1) is 11.3 Å². The second-order valence-electron chi connectivity index (χ2n) is 9.12. The molecule has 0 aliphatic heterocycles. The van der Waals surface area contributed by atoms with Gasteiger partial charge >= 0.3 is 12.1 Å². The van der Waals surface area contributed by atoms with E-state index in [1.807, 2.05) is 13.8 Å². The highest BCUT2D eigenvalue weighted by Gasteiger charge is 2.49. The fourth-order valence-electron chi connectivity index (χ4n) is 4.44. The molecule has 0 amide bonds. The second-order valence-corrected chi connectivity index (χ2v) is 10.1. The van der Waals surface area contributed by atoms with Crippen LogP contribution in [0, 0.1) is 11.3 Å². The predicted octanol–water partition coefficient (Wildman–Crippen LogP) is 5.46. The Hall–Kier alpha value is -3.05. The number of carboxylic acids is 1. The van der Waals surface area contributed by atoms with E-state index in [1.165, 1.54) is 11.3 Å². The molecule has 0 saturated heterocycles. The van der Waals surface area contributed by atoms with Gasteiger partial charge < -0.3 is 15.5 Å². The zero-order valence-corrected chi connectivity index (χ0v) is 19.2. The van der Waals surface area contributed by atoms with E-state index >= 15 is 0 Å². The smallest absolute Gasteiger partial charge is 0.416 e. The highest BCUT2D eigenvalue weighted by molar-refractivity contribution is 7.15. The first-order valence-electron chi connectivity index (χ1n) is 10.6. The summed E-state index contributed by atoms with van der Waals surface area (Å²) in [6, 6.07) is 6.84. The van der Waals surface area contributed by atoms with Crippen molar-refractivity contribution in [3.63, 3.8) is 0 Å². The molecule has 3 aromatic rings. The number of anilines is 2. The summed E-state index contributed by atoms with van der Waals surface area (Å²) in [6.07, 6.45) is -0.924. The van der Waals surface area contributed by atoms with Crippen molar-refractivity contribution in [2.75, 3.05) is 5.32 Å². The molecule has 11 heteroatoms. The summed E-state index contributed by atoms with van der Waals surface area (Å²) in [4.78, 5) is 25.0. The molecule has 0 radical (unpaired) electrons. The Balaban J connectivity index is 1.55. The van der Waals surface area contributed by atoms with Crippen LogP contribution in [0.5, 0.6) is 0 Å². The van der Waals surface area contributed by atoms with Crippen molar-refractivity contribution in [1.29, 1.82) is 0 Å². The van der Waals surface area contributed by atoms with Gasteiger partial charge in [-0.1, -0.05) is 19.9 Å². The highest BCUT2D eigenvalue weighted by Crippen LogP contribution is 2.50. The molecular weight excluding hydrogens is 469 g/mol. The Morgan fingerprint density at radius 1 is 1.21 bits per heavy atom. The van der Waals surface area contributed by atoms with Crippen LogP contribution in [-0.4, -0.2) is 31.1 Å². The molecule has 34 heavy (non-hydrogen) atoms. The van der Waals surface area contributed by atoms with Crippen LogP contribution < -0.4 is 5.32 Å². The molecule has 1 aliphatic carbocycles. The molecule has 4 rings (SSSR count). The van der Waals surface area contributed by atoms with Crippen LogP contribution in [0.15, 0.2) is 42.7 Å². The number of aliphatic hydroxyl groups is 1. The third-order valence-corrected chi connectivity index (χ3v) is 7.30. The van der Waals surface area contributed by atoms with E-state index in [-0.39, 0.29) is 18.7 Å². The molecule has 2 atom stereocenters. The number of aliphatic carboxylic acids is 1.